The summed E-state index contributed by atoms with van der Waals surface area (Å²) in [5.41, 5.74) is 3.68. The molecule has 128 valence electrons. The van der Waals surface area contributed by atoms with Crippen LogP contribution in [0, 0.1) is 12.8 Å². The molecule has 2 aromatic carbocycles. The highest BCUT2D eigenvalue weighted by atomic mass is 16.6. The molecule has 2 N–H and O–H groups in total. The molecule has 0 saturated carbocycles. The predicted octanol–water partition coefficient (Wildman–Crippen LogP) is 2.71. The minimum atomic E-state index is 0.183. The Morgan fingerprint density at radius 3 is 2.46 bits per heavy atom. The van der Waals surface area contributed by atoms with Crippen molar-refractivity contribution in [2.75, 3.05) is 26.4 Å². The van der Waals surface area contributed by atoms with Crippen molar-refractivity contribution in [3.63, 3.8) is 0 Å². The van der Waals surface area contributed by atoms with Crippen molar-refractivity contribution in [2.24, 2.45) is 5.92 Å². The third-order valence-electron chi connectivity index (χ3n) is 4.27. The molecule has 0 radical (unpaired) electrons. The Kier molecular flexibility index (Phi) is 5.72. The van der Waals surface area contributed by atoms with Crippen molar-refractivity contribution in [3.8, 4) is 11.5 Å². The molecular weight excluding hydrogens is 302 g/mol. The van der Waals surface area contributed by atoms with E-state index in [1.165, 1.54) is 11.1 Å². The lowest BCUT2D eigenvalue weighted by Gasteiger charge is -2.19. The van der Waals surface area contributed by atoms with Crippen LogP contribution in [-0.4, -0.2) is 31.5 Å². The van der Waals surface area contributed by atoms with Crippen LogP contribution in [0.1, 0.15) is 16.7 Å². The first-order chi connectivity index (χ1) is 11.7. The Bertz CT molecular complexity index is 654. The van der Waals surface area contributed by atoms with Crippen LogP contribution in [0.2, 0.25) is 0 Å². The lowest BCUT2D eigenvalue weighted by atomic mass is 9.99. The Morgan fingerprint density at radius 1 is 1.00 bits per heavy atom. The quantitative estimate of drug-likeness (QED) is 0.821. The molecule has 0 aromatic heterocycles. The van der Waals surface area contributed by atoms with Crippen LogP contribution in [0.5, 0.6) is 11.5 Å². The highest BCUT2D eigenvalue weighted by Gasteiger charge is 2.12. The van der Waals surface area contributed by atoms with Gasteiger partial charge in [0.25, 0.3) is 0 Å². The summed E-state index contributed by atoms with van der Waals surface area (Å²) in [6, 6.07) is 14.5. The molecule has 1 aliphatic heterocycles. The summed E-state index contributed by atoms with van der Waals surface area (Å²) >= 11 is 0. The zero-order valence-electron chi connectivity index (χ0n) is 14.1. The molecule has 1 atom stereocenters. The molecule has 0 bridgehead atoms. The first-order valence-corrected chi connectivity index (χ1v) is 8.50. The number of rotatable bonds is 7. The van der Waals surface area contributed by atoms with Crippen LogP contribution < -0.4 is 14.8 Å². The van der Waals surface area contributed by atoms with Crippen LogP contribution in [0.25, 0.3) is 0 Å². The minimum Gasteiger partial charge on any atom is -0.486 e. The number of aliphatic hydroxyl groups is 1. The maximum absolute atomic E-state index is 9.62. The van der Waals surface area contributed by atoms with Gasteiger partial charge in [0.05, 0.1) is 0 Å². The average molecular weight is 327 g/mol. The molecule has 0 unspecified atom stereocenters. The molecule has 0 amide bonds. The van der Waals surface area contributed by atoms with Gasteiger partial charge >= 0.3 is 0 Å². The summed E-state index contributed by atoms with van der Waals surface area (Å²) in [5, 5.41) is 13.1. The van der Waals surface area contributed by atoms with E-state index in [-0.39, 0.29) is 12.5 Å². The summed E-state index contributed by atoms with van der Waals surface area (Å²) in [5.74, 6) is 1.85. The number of aliphatic hydroxyl groups excluding tert-OH is 1. The largest absolute Gasteiger partial charge is 0.486 e. The van der Waals surface area contributed by atoms with Crippen molar-refractivity contribution < 1.29 is 14.6 Å². The predicted molar refractivity (Wildman–Crippen MR) is 94.6 cm³/mol. The SMILES string of the molecule is Cc1ccc(C[C@@H](CO)CNCc2ccc3c(c2)OCCO3)cc1. The fourth-order valence-electron chi connectivity index (χ4n) is 2.88. The average Bonchev–Trinajstić information content (AvgIpc) is 2.62. The number of hydrogen-bond donors (Lipinski definition) is 2. The zero-order chi connectivity index (χ0) is 16.8. The third kappa shape index (κ3) is 4.49. The molecule has 3 rings (SSSR count). The fourth-order valence-corrected chi connectivity index (χ4v) is 2.88. The molecular formula is C20H25NO3. The number of nitrogens with one attached hydrogen (secondary N) is 1. The molecule has 24 heavy (non-hydrogen) atoms. The van der Waals surface area contributed by atoms with E-state index in [0.717, 1.165) is 36.6 Å². The Morgan fingerprint density at radius 2 is 1.71 bits per heavy atom. The molecule has 0 aliphatic carbocycles. The van der Waals surface area contributed by atoms with Crippen molar-refractivity contribution >= 4 is 0 Å². The molecule has 1 heterocycles. The summed E-state index contributed by atoms with van der Waals surface area (Å²) in [6.07, 6.45) is 0.880. The summed E-state index contributed by atoms with van der Waals surface area (Å²) in [7, 11) is 0. The van der Waals surface area contributed by atoms with E-state index in [9.17, 15) is 5.11 Å². The number of hydrogen-bond acceptors (Lipinski definition) is 4. The topological polar surface area (TPSA) is 50.7 Å². The first-order valence-electron chi connectivity index (χ1n) is 8.50. The van der Waals surface area contributed by atoms with E-state index in [2.05, 4.69) is 42.6 Å². The Labute approximate surface area is 143 Å². The lowest BCUT2D eigenvalue weighted by Crippen LogP contribution is -2.26. The first kappa shape index (κ1) is 16.8. The minimum absolute atomic E-state index is 0.183. The van der Waals surface area contributed by atoms with Crippen LogP contribution in [-0.2, 0) is 13.0 Å². The van der Waals surface area contributed by atoms with Gasteiger partial charge in [-0.05, 0) is 42.5 Å². The molecule has 1 aliphatic rings. The number of ether oxygens (including phenoxy) is 2. The Hall–Kier alpha value is -2.04. The van der Waals surface area contributed by atoms with Gasteiger partial charge < -0.3 is 19.9 Å². The molecule has 0 spiro atoms. The van der Waals surface area contributed by atoms with Crippen LogP contribution in [0.3, 0.4) is 0 Å². The van der Waals surface area contributed by atoms with Gasteiger partial charge in [-0.3, -0.25) is 0 Å². The van der Waals surface area contributed by atoms with Crippen molar-refractivity contribution in [1.29, 1.82) is 0 Å². The van der Waals surface area contributed by atoms with Crippen molar-refractivity contribution in [1.82, 2.24) is 5.32 Å². The molecule has 4 heteroatoms. The molecule has 0 fully saturated rings. The van der Waals surface area contributed by atoms with E-state index < -0.39 is 0 Å². The number of aryl methyl sites for hydroxylation is 1. The van der Waals surface area contributed by atoms with Crippen molar-refractivity contribution in [3.05, 3.63) is 59.2 Å². The Balaban J connectivity index is 1.50. The van der Waals surface area contributed by atoms with Gasteiger partial charge in [-0.1, -0.05) is 35.9 Å². The monoisotopic (exact) mass is 327 g/mol. The summed E-state index contributed by atoms with van der Waals surface area (Å²) in [6.45, 7) is 5.01. The molecule has 4 nitrogen and oxygen atoms in total. The zero-order valence-corrected chi connectivity index (χ0v) is 14.1. The third-order valence-corrected chi connectivity index (χ3v) is 4.27. The number of benzene rings is 2. The van der Waals surface area contributed by atoms with Crippen molar-refractivity contribution in [2.45, 2.75) is 19.9 Å². The van der Waals surface area contributed by atoms with Gasteiger partial charge in [-0.2, -0.15) is 0 Å². The second-order valence-corrected chi connectivity index (χ2v) is 6.35. The normalized spacial score (nSPS) is 14.4. The second-order valence-electron chi connectivity index (χ2n) is 6.35. The highest BCUT2D eigenvalue weighted by molar-refractivity contribution is 5.43. The van der Waals surface area contributed by atoms with Gasteiger partial charge in [0.15, 0.2) is 11.5 Å². The van der Waals surface area contributed by atoms with E-state index in [1.54, 1.807) is 0 Å². The second kappa shape index (κ2) is 8.18. The van der Waals surface area contributed by atoms with Gasteiger partial charge in [0.2, 0.25) is 0 Å². The maximum atomic E-state index is 9.62. The van der Waals surface area contributed by atoms with Crippen LogP contribution in [0.15, 0.2) is 42.5 Å². The summed E-state index contributed by atoms with van der Waals surface area (Å²) < 4.78 is 11.1. The lowest BCUT2D eigenvalue weighted by molar-refractivity contribution is 0.171. The maximum Gasteiger partial charge on any atom is 0.161 e. The van der Waals surface area contributed by atoms with E-state index in [4.69, 9.17) is 9.47 Å². The number of fused-ring (bicyclic) bond motifs is 1. The fraction of sp³-hybridized carbons (Fsp3) is 0.400. The van der Waals surface area contributed by atoms with Crippen LogP contribution in [0.4, 0.5) is 0 Å². The van der Waals surface area contributed by atoms with Gasteiger partial charge in [0.1, 0.15) is 13.2 Å². The van der Waals surface area contributed by atoms with E-state index >= 15 is 0 Å². The van der Waals surface area contributed by atoms with Crippen LogP contribution >= 0.6 is 0 Å². The standard InChI is InChI=1S/C20H25NO3/c1-15-2-4-16(5-3-15)10-18(14-22)13-21-12-17-6-7-19-20(11-17)24-9-8-23-19/h2-7,11,18,21-22H,8-10,12-14H2,1H3/t18-/m1/s1. The van der Waals surface area contributed by atoms with Gasteiger partial charge in [-0.15, -0.1) is 0 Å². The van der Waals surface area contributed by atoms with E-state index in [0.29, 0.717) is 13.2 Å². The smallest absolute Gasteiger partial charge is 0.161 e. The summed E-state index contributed by atoms with van der Waals surface area (Å²) in [4.78, 5) is 0. The molecule has 2 aromatic rings. The van der Waals surface area contributed by atoms with E-state index in [1.807, 2.05) is 12.1 Å². The highest BCUT2D eigenvalue weighted by Crippen LogP contribution is 2.30. The van der Waals surface area contributed by atoms with Gasteiger partial charge in [0, 0.05) is 19.7 Å². The molecule has 0 saturated heterocycles. The van der Waals surface area contributed by atoms with Gasteiger partial charge in [-0.25, -0.2) is 0 Å².